The van der Waals surface area contributed by atoms with Gasteiger partial charge >= 0.3 is 0 Å². The SMILES string of the molecule is CC(=O)N1c2ccc(-c3cnn(C4CC4)c3)c(OCc3cncs3)c2CCC1C. The smallest absolute Gasteiger partial charge is 0.224 e. The number of anilines is 1. The summed E-state index contributed by atoms with van der Waals surface area (Å²) in [5, 5.41) is 4.56. The lowest BCUT2D eigenvalue weighted by Crippen LogP contribution is -2.40. The molecule has 0 bridgehead atoms. The maximum atomic E-state index is 12.3. The molecule has 3 heterocycles. The minimum atomic E-state index is 0.0705. The van der Waals surface area contributed by atoms with E-state index >= 15 is 0 Å². The second-order valence-electron chi connectivity index (χ2n) is 7.91. The van der Waals surface area contributed by atoms with Crippen LogP contribution in [-0.4, -0.2) is 26.7 Å². The number of benzene rings is 1. The molecule has 1 aliphatic carbocycles. The first kappa shape index (κ1) is 18.4. The van der Waals surface area contributed by atoms with Crippen molar-refractivity contribution in [3.05, 3.63) is 46.7 Å². The third-order valence-corrected chi connectivity index (χ3v) is 6.52. The van der Waals surface area contributed by atoms with Crippen LogP contribution in [0.1, 0.15) is 49.6 Å². The Labute approximate surface area is 174 Å². The van der Waals surface area contributed by atoms with E-state index in [-0.39, 0.29) is 11.9 Å². The van der Waals surface area contributed by atoms with Crippen molar-refractivity contribution in [3.63, 3.8) is 0 Å². The Morgan fingerprint density at radius 2 is 2.14 bits per heavy atom. The number of carbonyl (C=O) groups excluding carboxylic acids is 1. The van der Waals surface area contributed by atoms with E-state index in [4.69, 9.17) is 4.74 Å². The van der Waals surface area contributed by atoms with Crippen molar-refractivity contribution in [1.82, 2.24) is 14.8 Å². The zero-order valence-corrected chi connectivity index (χ0v) is 17.5. The first-order valence-electron chi connectivity index (χ1n) is 10.1. The van der Waals surface area contributed by atoms with Gasteiger partial charge in [-0.05, 0) is 44.7 Å². The largest absolute Gasteiger partial charge is 0.487 e. The maximum Gasteiger partial charge on any atom is 0.224 e. The van der Waals surface area contributed by atoms with E-state index in [2.05, 4.69) is 40.0 Å². The molecular formula is C22H24N4O2S. The van der Waals surface area contributed by atoms with Gasteiger partial charge < -0.3 is 9.64 Å². The van der Waals surface area contributed by atoms with Gasteiger partial charge in [0.15, 0.2) is 0 Å². The minimum Gasteiger partial charge on any atom is -0.487 e. The molecule has 29 heavy (non-hydrogen) atoms. The van der Waals surface area contributed by atoms with E-state index in [0.29, 0.717) is 12.6 Å². The molecule has 1 saturated carbocycles. The summed E-state index contributed by atoms with van der Waals surface area (Å²) in [5.74, 6) is 0.936. The minimum absolute atomic E-state index is 0.0705. The van der Waals surface area contributed by atoms with Gasteiger partial charge in [0.2, 0.25) is 5.91 Å². The second-order valence-corrected chi connectivity index (χ2v) is 8.88. The van der Waals surface area contributed by atoms with Gasteiger partial charge in [0, 0.05) is 42.0 Å². The van der Waals surface area contributed by atoms with Gasteiger partial charge in [0.05, 0.1) is 28.3 Å². The topological polar surface area (TPSA) is 60.2 Å². The number of aromatic nitrogens is 3. The number of hydrogen-bond donors (Lipinski definition) is 0. The molecule has 0 saturated heterocycles. The number of rotatable bonds is 5. The number of amides is 1. The van der Waals surface area contributed by atoms with Crippen LogP contribution in [0.15, 0.2) is 36.2 Å². The summed E-state index contributed by atoms with van der Waals surface area (Å²) in [6, 6.07) is 4.87. The standard InChI is InChI=1S/C22H24N4O2S/c1-14-3-6-20-21(26(14)15(2)27)8-7-19(16-9-24-25(11-16)17-4-5-17)22(20)28-12-18-10-23-13-29-18/h7-11,13-14,17H,3-6,12H2,1-2H3. The van der Waals surface area contributed by atoms with E-state index < -0.39 is 0 Å². The molecular weight excluding hydrogens is 384 g/mol. The molecule has 3 aromatic rings. The fraction of sp³-hybridized carbons (Fsp3) is 0.409. The molecule has 1 aliphatic heterocycles. The van der Waals surface area contributed by atoms with Crippen molar-refractivity contribution in [2.45, 2.75) is 58.2 Å². The molecule has 150 valence electrons. The predicted octanol–water partition coefficient (Wildman–Crippen LogP) is 4.61. The highest BCUT2D eigenvalue weighted by molar-refractivity contribution is 7.09. The van der Waals surface area contributed by atoms with Gasteiger partial charge in [-0.1, -0.05) is 0 Å². The van der Waals surface area contributed by atoms with E-state index in [9.17, 15) is 4.79 Å². The quantitative estimate of drug-likeness (QED) is 0.619. The van der Waals surface area contributed by atoms with Gasteiger partial charge in [0.25, 0.3) is 0 Å². The number of fused-ring (bicyclic) bond motifs is 1. The van der Waals surface area contributed by atoms with Crippen molar-refractivity contribution < 1.29 is 9.53 Å². The number of nitrogens with zero attached hydrogens (tertiary/aromatic N) is 4. The zero-order valence-electron chi connectivity index (χ0n) is 16.7. The van der Waals surface area contributed by atoms with Gasteiger partial charge in [-0.2, -0.15) is 5.10 Å². The van der Waals surface area contributed by atoms with Crippen LogP contribution in [0.25, 0.3) is 11.1 Å². The summed E-state index contributed by atoms with van der Waals surface area (Å²) < 4.78 is 8.44. The highest BCUT2D eigenvalue weighted by Gasteiger charge is 2.30. The van der Waals surface area contributed by atoms with Gasteiger partial charge in [0.1, 0.15) is 12.4 Å². The molecule has 1 aromatic carbocycles. The van der Waals surface area contributed by atoms with Crippen molar-refractivity contribution >= 4 is 22.9 Å². The van der Waals surface area contributed by atoms with Crippen LogP contribution in [-0.2, 0) is 17.8 Å². The summed E-state index contributed by atoms with van der Waals surface area (Å²) in [6.07, 6.45) is 10.1. The maximum absolute atomic E-state index is 12.3. The van der Waals surface area contributed by atoms with Crippen LogP contribution in [0.3, 0.4) is 0 Å². The van der Waals surface area contributed by atoms with Crippen LogP contribution in [0.4, 0.5) is 5.69 Å². The lowest BCUT2D eigenvalue weighted by molar-refractivity contribution is -0.117. The molecule has 1 atom stereocenters. The summed E-state index contributed by atoms with van der Waals surface area (Å²) in [7, 11) is 0. The Hall–Kier alpha value is -2.67. The molecule has 6 nitrogen and oxygen atoms in total. The summed E-state index contributed by atoms with van der Waals surface area (Å²) in [4.78, 5) is 19.5. The van der Waals surface area contributed by atoms with E-state index in [0.717, 1.165) is 45.8 Å². The molecule has 5 rings (SSSR count). The Morgan fingerprint density at radius 1 is 1.28 bits per heavy atom. The number of carbonyl (C=O) groups is 1. The molecule has 0 radical (unpaired) electrons. The lowest BCUT2D eigenvalue weighted by atomic mass is 9.92. The van der Waals surface area contributed by atoms with Crippen LogP contribution >= 0.6 is 11.3 Å². The fourth-order valence-corrected chi connectivity index (χ4v) is 4.66. The Bertz CT molecular complexity index is 1040. The fourth-order valence-electron chi connectivity index (χ4n) is 4.15. The Kier molecular flexibility index (Phi) is 4.62. The molecule has 2 aromatic heterocycles. The predicted molar refractivity (Wildman–Crippen MR) is 113 cm³/mol. The molecule has 7 heteroatoms. The van der Waals surface area contributed by atoms with Crippen molar-refractivity contribution in [3.8, 4) is 16.9 Å². The molecule has 1 unspecified atom stereocenters. The van der Waals surface area contributed by atoms with Crippen molar-refractivity contribution in [1.29, 1.82) is 0 Å². The third-order valence-electron chi connectivity index (χ3n) is 5.76. The average Bonchev–Trinajstić information content (AvgIpc) is 3.22. The second kappa shape index (κ2) is 7.30. The lowest BCUT2D eigenvalue weighted by Gasteiger charge is -2.36. The van der Waals surface area contributed by atoms with Gasteiger partial charge in [-0.25, -0.2) is 0 Å². The van der Waals surface area contributed by atoms with Crippen LogP contribution in [0.2, 0.25) is 0 Å². The van der Waals surface area contributed by atoms with E-state index in [1.54, 1.807) is 18.3 Å². The average molecular weight is 409 g/mol. The van der Waals surface area contributed by atoms with E-state index in [1.165, 1.54) is 12.8 Å². The van der Waals surface area contributed by atoms with Crippen LogP contribution in [0, 0.1) is 0 Å². The summed E-state index contributed by atoms with van der Waals surface area (Å²) >= 11 is 1.59. The van der Waals surface area contributed by atoms with Crippen molar-refractivity contribution in [2.75, 3.05) is 4.90 Å². The first-order valence-corrected chi connectivity index (χ1v) is 11.0. The summed E-state index contributed by atoms with van der Waals surface area (Å²) in [6.45, 7) is 4.22. The highest BCUT2D eigenvalue weighted by atomic mass is 32.1. The normalized spacial score (nSPS) is 18.6. The van der Waals surface area contributed by atoms with Crippen molar-refractivity contribution in [2.24, 2.45) is 0 Å². The Balaban J connectivity index is 1.58. The van der Waals surface area contributed by atoms with E-state index in [1.807, 2.05) is 22.8 Å². The highest BCUT2D eigenvalue weighted by Crippen LogP contribution is 2.44. The van der Waals surface area contributed by atoms with Crippen LogP contribution in [0.5, 0.6) is 5.75 Å². The number of ether oxygens (including phenoxy) is 1. The monoisotopic (exact) mass is 408 g/mol. The van der Waals surface area contributed by atoms with Crippen LogP contribution < -0.4 is 9.64 Å². The molecule has 1 amide bonds. The molecule has 2 aliphatic rings. The Morgan fingerprint density at radius 3 is 2.86 bits per heavy atom. The molecule has 0 spiro atoms. The third kappa shape index (κ3) is 3.44. The summed E-state index contributed by atoms with van der Waals surface area (Å²) in [5.41, 5.74) is 6.00. The first-order chi connectivity index (χ1) is 14.1. The number of hydrogen-bond acceptors (Lipinski definition) is 5. The van der Waals surface area contributed by atoms with Gasteiger partial charge in [-0.15, -0.1) is 11.3 Å². The number of thiazole rings is 1. The van der Waals surface area contributed by atoms with Gasteiger partial charge in [-0.3, -0.25) is 14.5 Å². The zero-order chi connectivity index (χ0) is 20.0. The molecule has 0 N–H and O–H groups in total. The molecule has 1 fully saturated rings.